The summed E-state index contributed by atoms with van der Waals surface area (Å²) in [5.74, 6) is -0.499. The monoisotopic (exact) mass is 394 g/mol. The van der Waals surface area contributed by atoms with Gasteiger partial charge in [-0.1, -0.05) is 35.5 Å². The third-order valence-corrected chi connectivity index (χ3v) is 5.30. The van der Waals surface area contributed by atoms with Crippen molar-refractivity contribution < 1.29 is 14.3 Å². The molecule has 1 aromatic heterocycles. The molecule has 0 atom stereocenters. The van der Waals surface area contributed by atoms with Gasteiger partial charge in [0, 0.05) is 5.39 Å². The van der Waals surface area contributed by atoms with Gasteiger partial charge in [0.2, 0.25) is 5.91 Å². The molecule has 0 saturated heterocycles. The molecule has 1 amide bonds. The number of carbonyl (C=O) groups is 2. The highest BCUT2D eigenvalue weighted by Gasteiger charge is 2.14. The van der Waals surface area contributed by atoms with Gasteiger partial charge in [0.1, 0.15) is 0 Å². The number of anilines is 1. The highest BCUT2D eigenvalue weighted by atomic mass is 32.2. The van der Waals surface area contributed by atoms with Crippen molar-refractivity contribution in [1.29, 1.82) is 0 Å². The van der Waals surface area contributed by atoms with E-state index in [0.29, 0.717) is 11.3 Å². The van der Waals surface area contributed by atoms with Crippen molar-refractivity contribution >= 4 is 40.2 Å². The van der Waals surface area contributed by atoms with Gasteiger partial charge in [0.25, 0.3) is 0 Å². The van der Waals surface area contributed by atoms with Crippen LogP contribution in [0.15, 0.2) is 47.5 Å². The Hall–Kier alpha value is -2.86. The molecular weight excluding hydrogens is 372 g/mol. The van der Waals surface area contributed by atoms with Crippen LogP contribution in [0, 0.1) is 20.8 Å². The van der Waals surface area contributed by atoms with Crippen molar-refractivity contribution in [3.8, 4) is 0 Å². The predicted molar refractivity (Wildman–Crippen MR) is 113 cm³/mol. The van der Waals surface area contributed by atoms with E-state index >= 15 is 0 Å². The lowest BCUT2D eigenvalue weighted by molar-refractivity contribution is -0.113. The Kier molecular flexibility index (Phi) is 5.99. The lowest BCUT2D eigenvalue weighted by atomic mass is 10.0. The van der Waals surface area contributed by atoms with E-state index < -0.39 is 5.97 Å². The molecule has 0 aliphatic carbocycles. The molecule has 5 nitrogen and oxygen atoms in total. The first-order valence-electron chi connectivity index (χ1n) is 8.87. The molecule has 6 heteroatoms. The van der Waals surface area contributed by atoms with E-state index in [-0.39, 0.29) is 11.7 Å². The molecule has 0 spiro atoms. The van der Waals surface area contributed by atoms with Crippen LogP contribution >= 0.6 is 11.8 Å². The summed E-state index contributed by atoms with van der Waals surface area (Å²) in [4.78, 5) is 28.9. The number of nitrogens with zero attached hydrogens (tertiary/aromatic N) is 1. The van der Waals surface area contributed by atoms with Crippen LogP contribution in [0.4, 0.5) is 5.69 Å². The standard InChI is InChI=1S/C22H22N2O3S/c1-13-9-15(3)21-17(10-13)14(2)11-20(24-21)28-12-19(25)23-18-8-6-5-7-16(18)22(26)27-4/h5-11H,12H2,1-4H3,(H,23,25). The summed E-state index contributed by atoms with van der Waals surface area (Å²) < 4.78 is 4.76. The largest absolute Gasteiger partial charge is 0.465 e. The van der Waals surface area contributed by atoms with Gasteiger partial charge < -0.3 is 10.1 Å². The Labute approximate surface area is 168 Å². The van der Waals surface area contributed by atoms with Crippen molar-refractivity contribution in [2.24, 2.45) is 0 Å². The average Bonchev–Trinajstić information content (AvgIpc) is 2.67. The summed E-state index contributed by atoms with van der Waals surface area (Å²) in [5, 5.41) is 4.71. The van der Waals surface area contributed by atoms with Crippen LogP contribution in [-0.2, 0) is 9.53 Å². The fourth-order valence-electron chi connectivity index (χ4n) is 3.09. The Bertz CT molecular complexity index is 1060. The number of thioether (sulfide) groups is 1. The molecule has 0 saturated carbocycles. The zero-order chi connectivity index (χ0) is 20.3. The average molecular weight is 394 g/mol. The van der Waals surface area contributed by atoms with Gasteiger partial charge in [-0.3, -0.25) is 4.79 Å². The number of benzene rings is 2. The van der Waals surface area contributed by atoms with Gasteiger partial charge in [-0.2, -0.15) is 0 Å². The number of methoxy groups -OCH3 is 1. The maximum atomic E-state index is 12.4. The second-order valence-corrected chi connectivity index (χ2v) is 7.63. The normalized spacial score (nSPS) is 10.7. The number of nitrogens with one attached hydrogen (secondary N) is 1. The number of aromatic nitrogens is 1. The summed E-state index contributed by atoms with van der Waals surface area (Å²) in [7, 11) is 1.31. The first-order valence-corrected chi connectivity index (χ1v) is 9.86. The second kappa shape index (κ2) is 8.44. The molecule has 1 heterocycles. The van der Waals surface area contributed by atoms with Crippen molar-refractivity contribution in [2.75, 3.05) is 18.2 Å². The molecule has 144 valence electrons. The number of fused-ring (bicyclic) bond motifs is 1. The summed E-state index contributed by atoms with van der Waals surface area (Å²) in [6.07, 6.45) is 0. The van der Waals surface area contributed by atoms with E-state index in [2.05, 4.69) is 31.3 Å². The van der Waals surface area contributed by atoms with Crippen LogP contribution in [0.1, 0.15) is 27.0 Å². The minimum absolute atomic E-state index is 0.193. The van der Waals surface area contributed by atoms with Crippen molar-refractivity contribution in [2.45, 2.75) is 25.8 Å². The SMILES string of the molecule is COC(=O)c1ccccc1NC(=O)CSc1cc(C)c2cc(C)cc(C)c2n1. The van der Waals surface area contributed by atoms with Crippen LogP contribution in [0.2, 0.25) is 0 Å². The number of carbonyl (C=O) groups excluding carboxylic acids is 2. The van der Waals surface area contributed by atoms with Gasteiger partial charge >= 0.3 is 5.97 Å². The lowest BCUT2D eigenvalue weighted by Crippen LogP contribution is -2.17. The van der Waals surface area contributed by atoms with E-state index in [4.69, 9.17) is 9.72 Å². The Morgan fingerprint density at radius 2 is 1.82 bits per heavy atom. The third kappa shape index (κ3) is 4.34. The smallest absolute Gasteiger partial charge is 0.339 e. The topological polar surface area (TPSA) is 68.3 Å². The molecular formula is C22H22N2O3S. The summed E-state index contributed by atoms with van der Waals surface area (Å²) in [5.41, 5.74) is 5.19. The zero-order valence-electron chi connectivity index (χ0n) is 16.3. The molecule has 0 fully saturated rings. The van der Waals surface area contributed by atoms with Crippen molar-refractivity contribution in [3.05, 3.63) is 64.7 Å². The number of esters is 1. The fourth-order valence-corrected chi connectivity index (χ4v) is 3.86. The molecule has 3 rings (SSSR count). The highest BCUT2D eigenvalue weighted by Crippen LogP contribution is 2.27. The Morgan fingerprint density at radius 3 is 2.57 bits per heavy atom. The number of aryl methyl sites for hydroxylation is 3. The molecule has 0 radical (unpaired) electrons. The van der Waals surface area contributed by atoms with Crippen LogP contribution in [0.3, 0.4) is 0 Å². The fraction of sp³-hybridized carbons (Fsp3) is 0.227. The molecule has 0 aliphatic rings. The van der Waals surface area contributed by atoms with E-state index in [1.165, 1.54) is 24.4 Å². The van der Waals surface area contributed by atoms with E-state index in [0.717, 1.165) is 27.1 Å². The highest BCUT2D eigenvalue weighted by molar-refractivity contribution is 7.99. The third-order valence-electron chi connectivity index (χ3n) is 4.39. The first kappa shape index (κ1) is 19.9. The van der Waals surface area contributed by atoms with Gasteiger partial charge in [0.15, 0.2) is 0 Å². The van der Waals surface area contributed by atoms with Crippen LogP contribution in [0.5, 0.6) is 0 Å². The molecule has 2 aromatic carbocycles. The minimum atomic E-state index is -0.485. The summed E-state index contributed by atoms with van der Waals surface area (Å²) >= 11 is 1.37. The van der Waals surface area contributed by atoms with Gasteiger partial charge in [0.05, 0.1) is 34.7 Å². The summed E-state index contributed by atoms with van der Waals surface area (Å²) in [6, 6.07) is 13.0. The van der Waals surface area contributed by atoms with Gasteiger partial charge in [-0.15, -0.1) is 0 Å². The number of ether oxygens (including phenoxy) is 1. The zero-order valence-corrected chi connectivity index (χ0v) is 17.1. The number of para-hydroxylation sites is 1. The summed E-state index contributed by atoms with van der Waals surface area (Å²) in [6.45, 7) is 6.18. The number of hydrogen-bond donors (Lipinski definition) is 1. The van der Waals surface area contributed by atoms with Crippen LogP contribution in [-0.4, -0.2) is 29.7 Å². The second-order valence-electron chi connectivity index (χ2n) is 6.63. The number of pyridine rings is 1. The number of rotatable bonds is 5. The molecule has 0 aliphatic heterocycles. The molecule has 0 unspecified atom stereocenters. The van der Waals surface area contributed by atoms with Crippen LogP contribution in [0.25, 0.3) is 10.9 Å². The van der Waals surface area contributed by atoms with Gasteiger partial charge in [-0.05, 0) is 56.2 Å². The predicted octanol–water partition coefficient (Wildman–Crippen LogP) is 4.68. The van der Waals surface area contributed by atoms with Crippen molar-refractivity contribution in [1.82, 2.24) is 4.98 Å². The van der Waals surface area contributed by atoms with E-state index in [9.17, 15) is 9.59 Å². The number of amides is 1. The molecule has 28 heavy (non-hydrogen) atoms. The van der Waals surface area contributed by atoms with Gasteiger partial charge in [-0.25, -0.2) is 9.78 Å². The van der Waals surface area contributed by atoms with E-state index in [1.807, 2.05) is 13.0 Å². The maximum Gasteiger partial charge on any atom is 0.339 e. The Morgan fingerprint density at radius 1 is 1.07 bits per heavy atom. The number of hydrogen-bond acceptors (Lipinski definition) is 5. The van der Waals surface area contributed by atoms with E-state index in [1.54, 1.807) is 24.3 Å². The van der Waals surface area contributed by atoms with Crippen LogP contribution < -0.4 is 5.32 Å². The maximum absolute atomic E-state index is 12.4. The Balaban J connectivity index is 1.74. The van der Waals surface area contributed by atoms with Crippen molar-refractivity contribution in [3.63, 3.8) is 0 Å². The first-order chi connectivity index (χ1) is 13.4. The molecule has 1 N–H and O–H groups in total. The molecule has 3 aromatic rings. The molecule has 0 bridgehead atoms. The quantitative estimate of drug-likeness (QED) is 0.503. The lowest BCUT2D eigenvalue weighted by Gasteiger charge is -2.11. The minimum Gasteiger partial charge on any atom is -0.465 e.